The third-order valence-corrected chi connectivity index (χ3v) is 3.55. The second kappa shape index (κ2) is 8.52. The van der Waals surface area contributed by atoms with Crippen LogP contribution in [-0.4, -0.2) is 44.8 Å². The lowest BCUT2D eigenvalue weighted by atomic mass is 10.1. The second-order valence-corrected chi connectivity index (χ2v) is 6.95. The summed E-state index contributed by atoms with van der Waals surface area (Å²) >= 11 is 0. The number of carbonyl (C=O) groups is 4. The number of carboxylic acid groups (broad SMARTS) is 3. The Bertz CT molecular complexity index is 984. The smallest absolute Gasteiger partial charge is 0.342 e. The molecule has 0 aliphatic carbocycles. The van der Waals surface area contributed by atoms with Gasteiger partial charge in [-0.3, -0.25) is 9.78 Å². The first kappa shape index (κ1) is 22.2. The van der Waals surface area contributed by atoms with E-state index in [2.05, 4.69) is 0 Å². The van der Waals surface area contributed by atoms with Gasteiger partial charge >= 0.3 is 23.9 Å². The summed E-state index contributed by atoms with van der Waals surface area (Å²) in [6, 6.07) is 6.97. The summed E-state index contributed by atoms with van der Waals surface area (Å²) in [5.74, 6) is -6.65. The molecule has 0 spiro atoms. The minimum absolute atomic E-state index is 0.311. The molecule has 0 atom stereocenters. The molecule has 0 aromatic heterocycles. The highest BCUT2D eigenvalue weighted by Crippen LogP contribution is 2.30. The zero-order chi connectivity index (χ0) is 22.6. The van der Waals surface area contributed by atoms with Crippen molar-refractivity contribution in [1.29, 1.82) is 0 Å². The molecule has 0 fully saturated rings. The molecular formula is C20H18O10. The third-order valence-electron chi connectivity index (χ3n) is 3.55. The third kappa shape index (κ3) is 5.04. The van der Waals surface area contributed by atoms with E-state index in [1.165, 1.54) is 18.2 Å². The second-order valence-electron chi connectivity index (χ2n) is 6.95. The average molecular weight is 418 g/mol. The molecule has 158 valence electrons. The number of carboxylic acids is 3. The van der Waals surface area contributed by atoms with Gasteiger partial charge in [0.25, 0.3) is 0 Å². The van der Waals surface area contributed by atoms with Crippen LogP contribution in [0, 0.1) is 0 Å². The Morgan fingerprint density at radius 2 is 1.00 bits per heavy atom. The number of hydrogen-bond donors (Lipinski definition) is 3. The van der Waals surface area contributed by atoms with Gasteiger partial charge in [0.2, 0.25) is 11.5 Å². The molecule has 0 unspecified atom stereocenters. The van der Waals surface area contributed by atoms with Crippen LogP contribution < -0.4 is 9.78 Å². The molecule has 10 heteroatoms. The van der Waals surface area contributed by atoms with Crippen molar-refractivity contribution in [3.05, 3.63) is 58.7 Å². The van der Waals surface area contributed by atoms with Crippen LogP contribution in [0.1, 0.15) is 62.2 Å². The Kier molecular flexibility index (Phi) is 6.30. The van der Waals surface area contributed by atoms with E-state index in [0.717, 1.165) is 18.2 Å². The van der Waals surface area contributed by atoms with E-state index in [1.54, 1.807) is 20.8 Å². The Hall–Kier alpha value is -4.08. The summed E-state index contributed by atoms with van der Waals surface area (Å²) in [5.41, 5.74) is -2.78. The van der Waals surface area contributed by atoms with E-state index in [4.69, 9.17) is 14.5 Å². The molecule has 0 saturated heterocycles. The summed E-state index contributed by atoms with van der Waals surface area (Å²) in [4.78, 5) is 56.9. The minimum Gasteiger partial charge on any atom is -0.478 e. The van der Waals surface area contributed by atoms with Gasteiger partial charge in [0, 0.05) is 0 Å². The number of benzene rings is 2. The van der Waals surface area contributed by atoms with Crippen molar-refractivity contribution in [2.75, 3.05) is 0 Å². The van der Waals surface area contributed by atoms with E-state index in [1.807, 2.05) is 0 Å². The van der Waals surface area contributed by atoms with Crippen LogP contribution >= 0.6 is 0 Å². The number of ether oxygens (including phenoxy) is 1. The average Bonchev–Trinajstić information content (AvgIpc) is 2.63. The van der Waals surface area contributed by atoms with Gasteiger partial charge in [0.05, 0.1) is 0 Å². The minimum atomic E-state index is -1.50. The Morgan fingerprint density at radius 1 is 0.667 bits per heavy atom. The van der Waals surface area contributed by atoms with Gasteiger partial charge in [-0.25, -0.2) is 19.2 Å². The maximum absolute atomic E-state index is 12.5. The van der Waals surface area contributed by atoms with Gasteiger partial charge in [0.15, 0.2) is 0 Å². The van der Waals surface area contributed by atoms with Gasteiger partial charge in [-0.1, -0.05) is 12.1 Å². The highest BCUT2D eigenvalue weighted by molar-refractivity contribution is 6.00. The summed E-state index contributed by atoms with van der Waals surface area (Å²) in [7, 11) is 0. The number of para-hydroxylation sites is 2. The lowest BCUT2D eigenvalue weighted by Crippen LogP contribution is -2.25. The van der Waals surface area contributed by atoms with Crippen molar-refractivity contribution in [3.63, 3.8) is 0 Å². The van der Waals surface area contributed by atoms with E-state index in [-0.39, 0.29) is 5.56 Å². The fourth-order valence-electron chi connectivity index (χ4n) is 2.34. The summed E-state index contributed by atoms with van der Waals surface area (Å²) in [6.45, 7) is 4.81. The molecule has 0 saturated carbocycles. The van der Waals surface area contributed by atoms with Crippen molar-refractivity contribution in [2.24, 2.45) is 0 Å². The van der Waals surface area contributed by atoms with Gasteiger partial charge in [-0.15, -0.1) is 0 Å². The molecule has 0 amide bonds. The fraction of sp³-hybridized carbons (Fsp3) is 0.200. The summed E-state index contributed by atoms with van der Waals surface area (Å²) in [5, 5.41) is 28.0. The van der Waals surface area contributed by atoms with Crippen molar-refractivity contribution in [3.8, 4) is 11.5 Å². The van der Waals surface area contributed by atoms with Gasteiger partial charge in [-0.05, 0) is 45.0 Å². The largest absolute Gasteiger partial charge is 0.478 e. The Balaban J connectivity index is 2.54. The topological polar surface area (TPSA) is 157 Å². The predicted octanol–water partition coefficient (Wildman–Crippen LogP) is 3.11. The molecule has 10 nitrogen and oxygen atoms in total. The molecule has 30 heavy (non-hydrogen) atoms. The summed E-state index contributed by atoms with van der Waals surface area (Å²) in [6.07, 6.45) is 0. The van der Waals surface area contributed by atoms with E-state index < -0.39 is 57.7 Å². The lowest BCUT2D eigenvalue weighted by molar-refractivity contribution is -0.103. The molecule has 0 bridgehead atoms. The number of rotatable bonds is 7. The fourth-order valence-corrected chi connectivity index (χ4v) is 2.34. The molecule has 0 heterocycles. The van der Waals surface area contributed by atoms with Crippen LogP contribution in [0.2, 0.25) is 0 Å². The van der Waals surface area contributed by atoms with Crippen LogP contribution in [-0.2, 0) is 4.74 Å². The highest BCUT2D eigenvalue weighted by Gasteiger charge is 2.28. The van der Waals surface area contributed by atoms with Crippen molar-refractivity contribution in [1.82, 2.24) is 0 Å². The number of carbonyl (C=O) groups excluding carboxylic acids is 1. The normalized spacial score (nSPS) is 10.8. The monoisotopic (exact) mass is 418 g/mol. The molecule has 0 radical (unpaired) electrons. The molecule has 0 aliphatic rings. The maximum atomic E-state index is 12.5. The predicted molar refractivity (Wildman–Crippen MR) is 100 cm³/mol. The van der Waals surface area contributed by atoms with Crippen LogP contribution in [0.5, 0.6) is 11.5 Å². The van der Waals surface area contributed by atoms with Crippen LogP contribution in [0.3, 0.4) is 0 Å². The number of esters is 1. The Labute approximate surface area is 170 Å². The van der Waals surface area contributed by atoms with E-state index in [9.17, 15) is 34.5 Å². The highest BCUT2D eigenvalue weighted by atomic mass is 17.2. The van der Waals surface area contributed by atoms with Crippen LogP contribution in [0.4, 0.5) is 0 Å². The molecule has 2 aromatic rings. The molecule has 0 aliphatic heterocycles. The van der Waals surface area contributed by atoms with E-state index in [0.29, 0.717) is 0 Å². The Morgan fingerprint density at radius 3 is 1.33 bits per heavy atom. The zero-order valence-electron chi connectivity index (χ0n) is 16.2. The maximum Gasteiger partial charge on any atom is 0.342 e. The quantitative estimate of drug-likeness (QED) is 0.347. The van der Waals surface area contributed by atoms with Crippen molar-refractivity contribution in [2.45, 2.75) is 26.4 Å². The van der Waals surface area contributed by atoms with Crippen LogP contribution in [0.25, 0.3) is 0 Å². The first-order valence-electron chi connectivity index (χ1n) is 8.46. The first-order valence-corrected chi connectivity index (χ1v) is 8.46. The molecule has 3 N–H and O–H groups in total. The van der Waals surface area contributed by atoms with Gasteiger partial charge < -0.3 is 20.1 Å². The molecular weight excluding hydrogens is 400 g/mol. The lowest BCUT2D eigenvalue weighted by Gasteiger charge is -2.20. The van der Waals surface area contributed by atoms with Crippen molar-refractivity contribution < 1.29 is 49.0 Å². The standard InChI is InChI=1S/C20H18O10/c1-20(2,3)28-19(27)13-9-5-8-12(18(25)26)15(13)30-29-14-10(16(21)22)6-4-7-11(14)17(23)24/h4-9H,1-3H3,(H,21,22)(H,23,24)(H,25,26). The van der Waals surface area contributed by atoms with Gasteiger partial charge in [0.1, 0.15) is 27.9 Å². The number of aromatic carboxylic acids is 3. The summed E-state index contributed by atoms with van der Waals surface area (Å²) < 4.78 is 5.22. The van der Waals surface area contributed by atoms with E-state index >= 15 is 0 Å². The van der Waals surface area contributed by atoms with Crippen LogP contribution in [0.15, 0.2) is 36.4 Å². The molecule has 2 rings (SSSR count). The van der Waals surface area contributed by atoms with Crippen molar-refractivity contribution >= 4 is 23.9 Å². The number of hydrogen-bond acceptors (Lipinski definition) is 7. The SMILES string of the molecule is CC(C)(C)OC(=O)c1cccc(C(=O)O)c1OOc1c(C(=O)O)cccc1C(=O)O. The zero-order valence-corrected chi connectivity index (χ0v) is 16.2. The first-order chi connectivity index (χ1) is 13.9. The van der Waals surface area contributed by atoms with Gasteiger partial charge in [-0.2, -0.15) is 0 Å². The molecule has 2 aromatic carbocycles.